The Bertz CT molecular complexity index is 1210. The van der Waals surface area contributed by atoms with E-state index >= 15 is 0 Å². The number of fused-ring (bicyclic) bond motifs is 2. The number of alkyl carbamates (subject to hydrolysis) is 1. The first-order chi connectivity index (χ1) is 15.9. The number of hydrogen-bond acceptors (Lipinski definition) is 5. The van der Waals surface area contributed by atoms with Crippen LogP contribution >= 0.6 is 0 Å². The van der Waals surface area contributed by atoms with Crippen molar-refractivity contribution in [2.24, 2.45) is 0 Å². The maximum atomic E-state index is 13.1. The van der Waals surface area contributed by atoms with Crippen molar-refractivity contribution in [3.05, 3.63) is 99.6 Å². The predicted molar refractivity (Wildman–Crippen MR) is 124 cm³/mol. The van der Waals surface area contributed by atoms with Gasteiger partial charge in [-0.05, 0) is 71.8 Å². The maximum Gasteiger partial charge on any atom is 0.407 e. The van der Waals surface area contributed by atoms with Gasteiger partial charge in [-0.1, -0.05) is 36.4 Å². The van der Waals surface area contributed by atoms with Crippen LogP contribution in [0, 0.1) is 0 Å². The van der Waals surface area contributed by atoms with Gasteiger partial charge in [0.2, 0.25) is 0 Å². The van der Waals surface area contributed by atoms with Crippen LogP contribution in [0.2, 0.25) is 0 Å². The molecule has 1 aliphatic carbocycles. The summed E-state index contributed by atoms with van der Waals surface area (Å²) in [4.78, 5) is 36.6. The van der Waals surface area contributed by atoms with Crippen molar-refractivity contribution in [2.75, 3.05) is 6.54 Å². The molecule has 0 unspecified atom stereocenters. The first-order valence-corrected chi connectivity index (χ1v) is 10.9. The molecule has 0 radical (unpaired) electrons. The summed E-state index contributed by atoms with van der Waals surface area (Å²) < 4.78 is 5.30. The Balaban J connectivity index is 1.35. The number of benzene rings is 3. The van der Waals surface area contributed by atoms with Gasteiger partial charge in [-0.15, -0.1) is 0 Å². The quantitative estimate of drug-likeness (QED) is 0.448. The highest BCUT2D eigenvalue weighted by Gasteiger charge is 2.24. The Kier molecular flexibility index (Phi) is 6.54. The third-order valence-corrected chi connectivity index (χ3v) is 5.66. The fraction of sp³-hybridized carbons (Fsp3) is 0.222. The molecule has 33 heavy (non-hydrogen) atoms. The molecule has 6 heteroatoms. The number of nitrogens with one attached hydrogen (secondary N) is 1. The van der Waals surface area contributed by atoms with Gasteiger partial charge in [0.15, 0.2) is 5.78 Å². The number of Topliss-reactive ketones (excluding diaryl/α,β-unsaturated/α-hetero) is 1. The van der Waals surface area contributed by atoms with Crippen molar-refractivity contribution in [3.63, 3.8) is 0 Å². The second-order valence-corrected chi connectivity index (χ2v) is 8.29. The topological polar surface area (TPSA) is 92.7 Å². The summed E-state index contributed by atoms with van der Waals surface area (Å²) in [6.45, 7) is 2.00. The van der Waals surface area contributed by atoms with Crippen LogP contribution in [-0.4, -0.2) is 29.3 Å². The molecule has 0 atom stereocenters. The monoisotopic (exact) mass is 443 g/mol. The molecule has 0 saturated heterocycles. The van der Waals surface area contributed by atoms with E-state index in [2.05, 4.69) is 5.32 Å². The van der Waals surface area contributed by atoms with Gasteiger partial charge in [0.25, 0.3) is 0 Å². The zero-order valence-corrected chi connectivity index (χ0v) is 18.4. The number of amides is 1. The van der Waals surface area contributed by atoms with E-state index in [1.54, 1.807) is 30.3 Å². The van der Waals surface area contributed by atoms with E-state index in [0.29, 0.717) is 36.9 Å². The second-order valence-electron chi connectivity index (χ2n) is 8.29. The van der Waals surface area contributed by atoms with Crippen LogP contribution in [0.4, 0.5) is 4.79 Å². The molecule has 0 bridgehead atoms. The lowest BCUT2D eigenvalue weighted by atomic mass is 9.83. The minimum absolute atomic E-state index is 0.0550. The zero-order chi connectivity index (χ0) is 23.4. The van der Waals surface area contributed by atoms with Crippen molar-refractivity contribution in [3.8, 4) is 5.75 Å². The standard InChI is InChI=1S/C27H25NO5/c1-17(29)12-19-2-6-21-15-22-7-3-20(14-25(22)26(31)24(21)13-19)16-33-27(32)28-11-10-18-4-8-23(30)9-5-18/h2-9,13-14,30H,10-12,15-16H2,1H3,(H,28,32). The lowest BCUT2D eigenvalue weighted by Crippen LogP contribution is -2.26. The van der Waals surface area contributed by atoms with Gasteiger partial charge in [-0.25, -0.2) is 4.79 Å². The highest BCUT2D eigenvalue weighted by molar-refractivity contribution is 6.12. The number of aromatic hydroxyl groups is 1. The van der Waals surface area contributed by atoms with Gasteiger partial charge in [0.1, 0.15) is 18.1 Å². The Morgan fingerprint density at radius 3 is 2.18 bits per heavy atom. The van der Waals surface area contributed by atoms with Crippen molar-refractivity contribution in [1.82, 2.24) is 5.32 Å². The third-order valence-electron chi connectivity index (χ3n) is 5.66. The maximum absolute atomic E-state index is 13.1. The molecule has 0 saturated carbocycles. The fourth-order valence-electron chi connectivity index (χ4n) is 3.99. The minimum atomic E-state index is -0.531. The van der Waals surface area contributed by atoms with E-state index in [9.17, 15) is 19.5 Å². The molecule has 4 rings (SSSR count). The van der Waals surface area contributed by atoms with Crippen molar-refractivity contribution in [2.45, 2.75) is 32.8 Å². The highest BCUT2D eigenvalue weighted by Crippen LogP contribution is 2.29. The van der Waals surface area contributed by atoms with Crippen LogP contribution < -0.4 is 5.32 Å². The van der Waals surface area contributed by atoms with Crippen LogP contribution in [-0.2, 0) is 35.4 Å². The van der Waals surface area contributed by atoms with Crippen molar-refractivity contribution >= 4 is 17.7 Å². The SMILES string of the molecule is CC(=O)Cc1ccc2c(c1)C(=O)c1cc(COC(=O)NCCc3ccc(O)cc3)ccc1C2. The van der Waals surface area contributed by atoms with Gasteiger partial charge in [0.05, 0.1) is 0 Å². The minimum Gasteiger partial charge on any atom is -0.508 e. The van der Waals surface area contributed by atoms with Gasteiger partial charge >= 0.3 is 6.09 Å². The first kappa shape index (κ1) is 22.3. The molecule has 0 heterocycles. The molecule has 6 nitrogen and oxygen atoms in total. The second kappa shape index (κ2) is 9.69. The molecule has 0 aromatic heterocycles. The highest BCUT2D eigenvalue weighted by atomic mass is 16.5. The molecular weight excluding hydrogens is 418 g/mol. The lowest BCUT2D eigenvalue weighted by Gasteiger charge is -2.20. The Morgan fingerprint density at radius 1 is 0.909 bits per heavy atom. The van der Waals surface area contributed by atoms with Crippen molar-refractivity contribution in [1.29, 1.82) is 0 Å². The molecule has 3 aromatic carbocycles. The van der Waals surface area contributed by atoms with E-state index in [1.807, 2.05) is 30.3 Å². The number of ketones is 2. The first-order valence-electron chi connectivity index (χ1n) is 10.9. The normalized spacial score (nSPS) is 12.0. The van der Waals surface area contributed by atoms with Gasteiger partial charge in [0, 0.05) is 24.1 Å². The molecule has 1 amide bonds. The van der Waals surface area contributed by atoms with Crippen LogP contribution in [0.5, 0.6) is 5.75 Å². The smallest absolute Gasteiger partial charge is 0.407 e. The number of ether oxygens (including phenoxy) is 1. The summed E-state index contributed by atoms with van der Waals surface area (Å²) in [5.74, 6) is 0.186. The van der Waals surface area contributed by atoms with Crippen LogP contribution in [0.1, 0.15) is 50.7 Å². The molecule has 3 aromatic rings. The fourth-order valence-corrected chi connectivity index (χ4v) is 3.99. The average molecular weight is 443 g/mol. The van der Waals surface area contributed by atoms with Gasteiger partial charge < -0.3 is 15.2 Å². The number of carbonyl (C=O) groups is 3. The molecule has 2 N–H and O–H groups in total. The van der Waals surface area contributed by atoms with E-state index in [-0.39, 0.29) is 23.9 Å². The molecule has 1 aliphatic rings. The summed E-state index contributed by atoms with van der Waals surface area (Å²) in [7, 11) is 0. The van der Waals surface area contributed by atoms with Crippen LogP contribution in [0.25, 0.3) is 0 Å². The number of phenolic OH excluding ortho intramolecular Hbond substituents is 1. The average Bonchev–Trinajstić information content (AvgIpc) is 2.79. The molecular formula is C27H25NO5. The third kappa shape index (κ3) is 5.47. The largest absolute Gasteiger partial charge is 0.508 e. The Hall–Kier alpha value is -3.93. The lowest BCUT2D eigenvalue weighted by molar-refractivity contribution is -0.116. The zero-order valence-electron chi connectivity index (χ0n) is 18.4. The Morgan fingerprint density at radius 2 is 1.52 bits per heavy atom. The van der Waals surface area contributed by atoms with E-state index in [4.69, 9.17) is 4.74 Å². The number of rotatable bonds is 7. The summed E-state index contributed by atoms with van der Waals surface area (Å²) in [5, 5.41) is 12.0. The Labute approximate surface area is 192 Å². The molecule has 0 aliphatic heterocycles. The molecule has 0 fully saturated rings. The summed E-state index contributed by atoms with van der Waals surface area (Å²) in [5.41, 5.74) is 5.70. The van der Waals surface area contributed by atoms with Crippen LogP contribution in [0.3, 0.4) is 0 Å². The molecule has 168 valence electrons. The summed E-state index contributed by atoms with van der Waals surface area (Å²) in [6.07, 6.45) is 1.05. The number of carbonyl (C=O) groups excluding carboxylic acids is 3. The van der Waals surface area contributed by atoms with E-state index in [0.717, 1.165) is 27.8 Å². The number of hydrogen-bond donors (Lipinski definition) is 2. The molecule has 0 spiro atoms. The van der Waals surface area contributed by atoms with Gasteiger partial charge in [-0.3, -0.25) is 9.59 Å². The summed E-state index contributed by atoms with van der Waals surface area (Å²) in [6, 6.07) is 18.0. The van der Waals surface area contributed by atoms with E-state index < -0.39 is 6.09 Å². The predicted octanol–water partition coefficient (Wildman–Crippen LogP) is 4.13. The number of phenols is 1. The van der Waals surface area contributed by atoms with Crippen LogP contribution in [0.15, 0.2) is 60.7 Å². The van der Waals surface area contributed by atoms with Crippen molar-refractivity contribution < 1.29 is 24.2 Å². The summed E-state index contributed by atoms with van der Waals surface area (Å²) >= 11 is 0. The van der Waals surface area contributed by atoms with E-state index in [1.165, 1.54) is 6.92 Å². The van der Waals surface area contributed by atoms with Gasteiger partial charge in [-0.2, -0.15) is 0 Å².